The first kappa shape index (κ1) is 16.4. The van der Waals surface area contributed by atoms with Crippen LogP contribution in [0.1, 0.15) is 39.0 Å². The smallest absolute Gasteiger partial charge is 0.0864 e. The molecule has 0 N–H and O–H groups in total. The van der Waals surface area contributed by atoms with Crippen LogP contribution in [0.15, 0.2) is 24.3 Å². The van der Waals surface area contributed by atoms with Gasteiger partial charge in [0, 0.05) is 0 Å². The Morgan fingerprint density at radius 3 is 2.00 bits per heavy atom. The molecule has 0 fully saturated rings. The number of alkyl halides is 1. The van der Waals surface area contributed by atoms with E-state index in [0.29, 0.717) is 0 Å². The van der Waals surface area contributed by atoms with E-state index in [1.165, 1.54) is 36.5 Å². The molecule has 0 bridgehead atoms. The van der Waals surface area contributed by atoms with E-state index in [1.807, 2.05) is 0 Å². The molecule has 0 atom stereocenters. The minimum absolute atomic E-state index is 0. The zero-order valence-electron chi connectivity index (χ0n) is 7.93. The lowest BCUT2D eigenvalue weighted by atomic mass is 10.2. The fourth-order valence-corrected chi connectivity index (χ4v) is 1.31. The molecule has 0 aliphatic heterocycles. The summed E-state index contributed by atoms with van der Waals surface area (Å²) in [6, 6.07) is 0. The molecule has 0 saturated carbocycles. The zero-order valence-corrected chi connectivity index (χ0v) is 10.1. The van der Waals surface area contributed by atoms with Gasteiger partial charge in [-0.25, -0.2) is 0 Å². The molecule has 0 rings (SSSR count). The molecule has 74 valence electrons. The van der Waals surface area contributed by atoms with Crippen molar-refractivity contribution >= 4 is 45.6 Å². The lowest BCUT2D eigenvalue weighted by Crippen LogP contribution is -1.69. The topological polar surface area (TPSA) is 0 Å². The van der Waals surface area contributed by atoms with Gasteiger partial charge < -0.3 is 0 Å². The second-order valence-corrected chi connectivity index (χ2v) is 3.91. The predicted molar refractivity (Wildman–Crippen MR) is 74.5 cm³/mol. The molecule has 0 aromatic heterocycles. The molecule has 0 amide bonds. The second-order valence-electron chi connectivity index (χ2n) is 2.83. The molecular formula is C11H21IMg. The standard InChI is InChI=1S/C11H19I.Mg.2H/c1-2-3-4-5-6-7-8-9-10-11-12;;;/h5-8H,2-4,9-11H2,1H3;;;/b6-5-,8-7+;;;. The van der Waals surface area contributed by atoms with Crippen LogP contribution in [0.3, 0.4) is 0 Å². The summed E-state index contributed by atoms with van der Waals surface area (Å²) >= 11 is 2.41. The van der Waals surface area contributed by atoms with Gasteiger partial charge in [0.15, 0.2) is 0 Å². The van der Waals surface area contributed by atoms with Crippen molar-refractivity contribution in [2.45, 2.75) is 39.0 Å². The van der Waals surface area contributed by atoms with Crippen molar-refractivity contribution in [2.75, 3.05) is 4.43 Å². The summed E-state index contributed by atoms with van der Waals surface area (Å²) in [4.78, 5) is 0. The summed E-state index contributed by atoms with van der Waals surface area (Å²) in [5, 5.41) is 0. The van der Waals surface area contributed by atoms with E-state index in [2.05, 4.69) is 53.8 Å². The van der Waals surface area contributed by atoms with E-state index >= 15 is 0 Å². The quantitative estimate of drug-likeness (QED) is 0.222. The van der Waals surface area contributed by atoms with Gasteiger partial charge in [-0.3, -0.25) is 0 Å². The molecule has 0 aromatic carbocycles. The maximum Gasteiger partial charge on any atom is 0.316 e. The first-order valence-electron chi connectivity index (χ1n) is 4.79. The van der Waals surface area contributed by atoms with Crippen molar-refractivity contribution in [2.24, 2.45) is 0 Å². The maximum atomic E-state index is 2.41. The van der Waals surface area contributed by atoms with Crippen molar-refractivity contribution in [3.8, 4) is 0 Å². The molecule has 2 heteroatoms. The Balaban J connectivity index is 0. The summed E-state index contributed by atoms with van der Waals surface area (Å²) in [5.41, 5.74) is 0. The van der Waals surface area contributed by atoms with E-state index in [-0.39, 0.29) is 23.1 Å². The SMILES string of the molecule is CCCC/C=C\C=C\CCCI.[MgH2]. The summed E-state index contributed by atoms with van der Waals surface area (Å²) in [5.74, 6) is 0. The Hall–Kier alpha value is 0.976. The van der Waals surface area contributed by atoms with Gasteiger partial charge in [-0.2, -0.15) is 0 Å². The summed E-state index contributed by atoms with van der Waals surface area (Å²) < 4.78 is 1.27. The van der Waals surface area contributed by atoms with Crippen LogP contribution in [0, 0.1) is 0 Å². The monoisotopic (exact) mass is 304 g/mol. The fraction of sp³-hybridized carbons (Fsp3) is 0.636. The average molecular weight is 304 g/mol. The lowest BCUT2D eigenvalue weighted by Gasteiger charge is -1.86. The van der Waals surface area contributed by atoms with Crippen LogP contribution in [-0.2, 0) is 0 Å². The van der Waals surface area contributed by atoms with Crippen LogP contribution in [0.4, 0.5) is 0 Å². The van der Waals surface area contributed by atoms with Gasteiger partial charge in [0.25, 0.3) is 0 Å². The van der Waals surface area contributed by atoms with E-state index in [4.69, 9.17) is 0 Å². The molecule has 0 saturated heterocycles. The largest absolute Gasteiger partial charge is 0.316 e. The van der Waals surface area contributed by atoms with E-state index < -0.39 is 0 Å². The molecule has 0 aromatic rings. The molecule has 0 aliphatic carbocycles. The molecule has 0 radical (unpaired) electrons. The number of allylic oxidation sites excluding steroid dienone is 4. The van der Waals surface area contributed by atoms with Crippen LogP contribution < -0.4 is 0 Å². The number of halogens is 1. The Bertz CT molecular complexity index is 114. The molecule has 0 heterocycles. The van der Waals surface area contributed by atoms with Gasteiger partial charge in [0.2, 0.25) is 0 Å². The highest BCUT2D eigenvalue weighted by atomic mass is 127. The van der Waals surface area contributed by atoms with Crippen LogP contribution in [0.2, 0.25) is 0 Å². The van der Waals surface area contributed by atoms with Crippen molar-refractivity contribution in [1.29, 1.82) is 0 Å². The number of hydrogen-bond donors (Lipinski definition) is 0. The van der Waals surface area contributed by atoms with Crippen molar-refractivity contribution < 1.29 is 0 Å². The van der Waals surface area contributed by atoms with E-state index in [1.54, 1.807) is 0 Å². The number of hydrogen-bond acceptors (Lipinski definition) is 0. The highest BCUT2D eigenvalue weighted by Gasteiger charge is 1.77. The first-order valence-corrected chi connectivity index (χ1v) is 6.32. The van der Waals surface area contributed by atoms with Gasteiger partial charge in [-0.15, -0.1) is 0 Å². The summed E-state index contributed by atoms with van der Waals surface area (Å²) in [6.45, 7) is 2.23. The maximum absolute atomic E-state index is 2.41. The third-order valence-electron chi connectivity index (χ3n) is 1.61. The van der Waals surface area contributed by atoms with Crippen LogP contribution in [0.25, 0.3) is 0 Å². The first-order chi connectivity index (χ1) is 5.91. The molecule has 0 spiro atoms. The number of rotatable bonds is 7. The van der Waals surface area contributed by atoms with Crippen molar-refractivity contribution in [3.05, 3.63) is 24.3 Å². The minimum atomic E-state index is 0. The zero-order chi connectivity index (χ0) is 9.07. The van der Waals surface area contributed by atoms with Crippen LogP contribution in [-0.4, -0.2) is 27.5 Å². The van der Waals surface area contributed by atoms with Gasteiger partial charge in [-0.05, 0) is 23.7 Å². The Labute approximate surface area is 113 Å². The van der Waals surface area contributed by atoms with E-state index in [0.717, 1.165) is 0 Å². The Morgan fingerprint density at radius 2 is 1.54 bits per heavy atom. The van der Waals surface area contributed by atoms with Gasteiger partial charge >= 0.3 is 23.1 Å². The molecule has 0 nitrogen and oxygen atoms in total. The molecule has 13 heavy (non-hydrogen) atoms. The molecular weight excluding hydrogens is 283 g/mol. The van der Waals surface area contributed by atoms with Crippen molar-refractivity contribution in [3.63, 3.8) is 0 Å². The summed E-state index contributed by atoms with van der Waals surface area (Å²) in [7, 11) is 0. The molecule has 0 aliphatic rings. The average Bonchev–Trinajstić information content (AvgIpc) is 2.10. The summed E-state index contributed by atoms with van der Waals surface area (Å²) in [6.07, 6.45) is 15.2. The van der Waals surface area contributed by atoms with Crippen LogP contribution >= 0.6 is 22.6 Å². The van der Waals surface area contributed by atoms with Gasteiger partial charge in [0.05, 0.1) is 0 Å². The lowest BCUT2D eigenvalue weighted by molar-refractivity contribution is 0.815. The third-order valence-corrected chi connectivity index (χ3v) is 2.37. The van der Waals surface area contributed by atoms with Crippen molar-refractivity contribution in [1.82, 2.24) is 0 Å². The third kappa shape index (κ3) is 15.7. The highest BCUT2D eigenvalue weighted by Crippen LogP contribution is 1.97. The Kier molecular flexibility index (Phi) is 19.5. The fourth-order valence-electron chi connectivity index (χ4n) is 0.867. The minimum Gasteiger partial charge on any atom is -0.0864 e. The van der Waals surface area contributed by atoms with Gasteiger partial charge in [0.1, 0.15) is 0 Å². The highest BCUT2D eigenvalue weighted by molar-refractivity contribution is 14.1. The van der Waals surface area contributed by atoms with E-state index in [9.17, 15) is 0 Å². The molecule has 0 unspecified atom stereocenters. The normalized spacial score (nSPS) is 10.9. The number of unbranched alkanes of at least 4 members (excludes halogenated alkanes) is 3. The Morgan fingerprint density at radius 1 is 1.00 bits per heavy atom. The predicted octanol–water partition coefficient (Wildman–Crippen LogP) is 3.59. The second kappa shape index (κ2) is 15.4. The van der Waals surface area contributed by atoms with Gasteiger partial charge in [-0.1, -0.05) is 66.7 Å². The van der Waals surface area contributed by atoms with Crippen LogP contribution in [0.5, 0.6) is 0 Å².